The van der Waals surface area contributed by atoms with Crippen molar-refractivity contribution in [1.82, 2.24) is 10.2 Å². The number of alkyl halides is 3. The predicted molar refractivity (Wildman–Crippen MR) is 73.6 cm³/mol. The van der Waals surface area contributed by atoms with Gasteiger partial charge in [-0.3, -0.25) is 4.90 Å². The van der Waals surface area contributed by atoms with Gasteiger partial charge in [0, 0.05) is 23.7 Å². The minimum atomic E-state index is -4.18. The van der Waals surface area contributed by atoms with Gasteiger partial charge in [-0.15, -0.1) is 0 Å². The zero-order valence-electron chi connectivity index (χ0n) is 12.8. The highest BCUT2D eigenvalue weighted by Crippen LogP contribution is 2.35. The van der Waals surface area contributed by atoms with Crippen LogP contribution in [0.4, 0.5) is 13.2 Å². The second-order valence-electron chi connectivity index (χ2n) is 6.52. The SMILES string of the molecule is CC(C)NC1(CO)CCC(N(CC(F)(F)F)C(C)C)C1. The first-order chi connectivity index (χ1) is 9.08. The second kappa shape index (κ2) is 6.62. The molecule has 20 heavy (non-hydrogen) atoms. The zero-order chi connectivity index (χ0) is 15.6. The summed E-state index contributed by atoms with van der Waals surface area (Å²) in [6.45, 7) is 6.65. The van der Waals surface area contributed by atoms with Gasteiger partial charge in [-0.05, 0) is 33.1 Å². The average molecular weight is 296 g/mol. The Morgan fingerprint density at radius 3 is 2.30 bits per heavy atom. The van der Waals surface area contributed by atoms with Crippen LogP contribution in [0.15, 0.2) is 0 Å². The van der Waals surface area contributed by atoms with Gasteiger partial charge in [-0.25, -0.2) is 0 Å². The summed E-state index contributed by atoms with van der Waals surface area (Å²) >= 11 is 0. The van der Waals surface area contributed by atoms with Crippen molar-refractivity contribution < 1.29 is 18.3 Å². The van der Waals surface area contributed by atoms with Gasteiger partial charge in [0.25, 0.3) is 0 Å². The molecule has 0 saturated heterocycles. The minimum Gasteiger partial charge on any atom is -0.394 e. The molecule has 0 radical (unpaired) electrons. The van der Waals surface area contributed by atoms with Crippen LogP contribution in [0.2, 0.25) is 0 Å². The lowest BCUT2D eigenvalue weighted by atomic mass is 9.97. The minimum absolute atomic E-state index is 0.0281. The number of hydrogen-bond acceptors (Lipinski definition) is 3. The van der Waals surface area contributed by atoms with E-state index in [4.69, 9.17) is 0 Å². The van der Waals surface area contributed by atoms with Crippen LogP contribution in [0.3, 0.4) is 0 Å². The summed E-state index contributed by atoms with van der Waals surface area (Å²) in [4.78, 5) is 1.51. The number of rotatable bonds is 6. The Morgan fingerprint density at radius 1 is 1.30 bits per heavy atom. The summed E-state index contributed by atoms with van der Waals surface area (Å²) in [6, 6.07) is -0.0822. The van der Waals surface area contributed by atoms with E-state index in [1.54, 1.807) is 13.8 Å². The molecule has 6 heteroatoms. The molecule has 2 unspecified atom stereocenters. The van der Waals surface area contributed by atoms with Crippen LogP contribution in [0, 0.1) is 0 Å². The van der Waals surface area contributed by atoms with Crippen molar-refractivity contribution in [2.75, 3.05) is 13.2 Å². The fourth-order valence-electron chi connectivity index (χ4n) is 3.25. The lowest BCUT2D eigenvalue weighted by Gasteiger charge is -2.36. The summed E-state index contributed by atoms with van der Waals surface area (Å²) in [5, 5.41) is 13.0. The number of aliphatic hydroxyl groups excluding tert-OH is 1. The molecular weight excluding hydrogens is 269 g/mol. The Kier molecular flexibility index (Phi) is 5.87. The number of halogens is 3. The van der Waals surface area contributed by atoms with Crippen LogP contribution < -0.4 is 5.32 Å². The molecule has 0 bridgehead atoms. The molecular formula is C14H27F3N2O. The van der Waals surface area contributed by atoms with Gasteiger partial charge >= 0.3 is 6.18 Å². The van der Waals surface area contributed by atoms with Crippen molar-refractivity contribution in [2.24, 2.45) is 0 Å². The van der Waals surface area contributed by atoms with Crippen LogP contribution >= 0.6 is 0 Å². The molecule has 1 aliphatic rings. The molecule has 3 nitrogen and oxygen atoms in total. The first-order valence-corrected chi connectivity index (χ1v) is 7.29. The Labute approximate surface area is 119 Å². The Bertz CT molecular complexity index is 307. The highest BCUT2D eigenvalue weighted by atomic mass is 19.4. The van der Waals surface area contributed by atoms with Gasteiger partial charge in [-0.2, -0.15) is 13.2 Å². The van der Waals surface area contributed by atoms with Crippen LogP contribution in [0.5, 0.6) is 0 Å². The lowest BCUT2D eigenvalue weighted by molar-refractivity contribution is -0.155. The third-order valence-corrected chi connectivity index (χ3v) is 3.97. The number of nitrogens with one attached hydrogen (secondary N) is 1. The van der Waals surface area contributed by atoms with Gasteiger partial charge in [0.05, 0.1) is 13.2 Å². The monoisotopic (exact) mass is 296 g/mol. The van der Waals surface area contributed by atoms with Crippen molar-refractivity contribution in [3.8, 4) is 0 Å². The van der Waals surface area contributed by atoms with Crippen LogP contribution in [-0.2, 0) is 0 Å². The molecule has 1 aliphatic carbocycles. The van der Waals surface area contributed by atoms with E-state index in [0.717, 1.165) is 0 Å². The van der Waals surface area contributed by atoms with Crippen molar-refractivity contribution in [3.05, 3.63) is 0 Å². The van der Waals surface area contributed by atoms with Crippen LogP contribution in [-0.4, -0.2) is 53.0 Å². The van der Waals surface area contributed by atoms with E-state index in [0.29, 0.717) is 19.3 Å². The van der Waals surface area contributed by atoms with Gasteiger partial charge < -0.3 is 10.4 Å². The zero-order valence-corrected chi connectivity index (χ0v) is 12.8. The number of aliphatic hydroxyl groups is 1. The highest BCUT2D eigenvalue weighted by Gasteiger charge is 2.44. The molecule has 1 fully saturated rings. The quantitative estimate of drug-likeness (QED) is 0.790. The fourth-order valence-corrected chi connectivity index (χ4v) is 3.25. The van der Waals surface area contributed by atoms with Crippen molar-refractivity contribution in [2.45, 2.75) is 76.8 Å². The van der Waals surface area contributed by atoms with E-state index in [1.165, 1.54) is 4.90 Å². The summed E-state index contributed by atoms with van der Waals surface area (Å²) in [7, 11) is 0. The first kappa shape index (κ1) is 17.7. The summed E-state index contributed by atoms with van der Waals surface area (Å²) in [5.74, 6) is 0. The molecule has 1 saturated carbocycles. The largest absolute Gasteiger partial charge is 0.401 e. The van der Waals surface area contributed by atoms with Crippen LogP contribution in [0.25, 0.3) is 0 Å². The van der Waals surface area contributed by atoms with Crippen molar-refractivity contribution in [3.63, 3.8) is 0 Å². The molecule has 120 valence electrons. The van der Waals surface area contributed by atoms with E-state index in [1.807, 2.05) is 13.8 Å². The normalized spacial score (nSPS) is 28.1. The predicted octanol–water partition coefficient (Wildman–Crippen LogP) is 2.54. The van der Waals surface area contributed by atoms with E-state index >= 15 is 0 Å². The van der Waals surface area contributed by atoms with E-state index in [-0.39, 0.29) is 24.7 Å². The third-order valence-electron chi connectivity index (χ3n) is 3.97. The van der Waals surface area contributed by atoms with E-state index in [9.17, 15) is 18.3 Å². The maximum atomic E-state index is 12.7. The molecule has 0 heterocycles. The maximum absolute atomic E-state index is 12.7. The highest BCUT2D eigenvalue weighted by molar-refractivity contribution is 5.00. The first-order valence-electron chi connectivity index (χ1n) is 7.29. The molecule has 0 aliphatic heterocycles. The van der Waals surface area contributed by atoms with Gasteiger partial charge in [0.15, 0.2) is 0 Å². The van der Waals surface area contributed by atoms with Crippen LogP contribution in [0.1, 0.15) is 47.0 Å². The van der Waals surface area contributed by atoms with E-state index < -0.39 is 18.3 Å². The average Bonchev–Trinajstić information content (AvgIpc) is 2.68. The molecule has 0 aromatic carbocycles. The van der Waals surface area contributed by atoms with Gasteiger partial charge in [-0.1, -0.05) is 13.8 Å². The molecule has 0 amide bonds. The third kappa shape index (κ3) is 4.90. The molecule has 0 aromatic heterocycles. The Balaban J connectivity index is 2.76. The molecule has 0 aromatic rings. The molecule has 0 spiro atoms. The topological polar surface area (TPSA) is 35.5 Å². The summed E-state index contributed by atoms with van der Waals surface area (Å²) < 4.78 is 38.1. The Hall–Kier alpha value is -0.330. The van der Waals surface area contributed by atoms with Gasteiger partial charge in [0.1, 0.15) is 0 Å². The molecule has 2 atom stereocenters. The smallest absolute Gasteiger partial charge is 0.394 e. The number of nitrogens with zero attached hydrogens (tertiary/aromatic N) is 1. The van der Waals surface area contributed by atoms with Crippen molar-refractivity contribution >= 4 is 0 Å². The summed E-state index contributed by atoms with van der Waals surface area (Å²) in [5.41, 5.74) is -0.433. The second-order valence-corrected chi connectivity index (χ2v) is 6.52. The Morgan fingerprint density at radius 2 is 1.90 bits per heavy atom. The lowest BCUT2D eigenvalue weighted by Crippen LogP contribution is -2.52. The fraction of sp³-hybridized carbons (Fsp3) is 1.00. The maximum Gasteiger partial charge on any atom is 0.401 e. The summed E-state index contributed by atoms with van der Waals surface area (Å²) in [6.07, 6.45) is -2.21. The molecule has 2 N–H and O–H groups in total. The standard InChI is InChI=1S/C14H27F3N2O/c1-10(2)18-13(9-20)6-5-12(7-13)19(11(3)4)8-14(15,16)17/h10-12,18,20H,5-9H2,1-4H3. The molecule has 1 rings (SSSR count). The van der Waals surface area contributed by atoms with Gasteiger partial charge in [0.2, 0.25) is 0 Å². The number of hydrogen-bond donors (Lipinski definition) is 2. The van der Waals surface area contributed by atoms with Crippen molar-refractivity contribution in [1.29, 1.82) is 0 Å². The van der Waals surface area contributed by atoms with E-state index in [2.05, 4.69) is 5.32 Å².